The Labute approximate surface area is 169 Å². The monoisotopic (exact) mass is 399 g/mol. The molecule has 29 heavy (non-hydrogen) atoms. The first kappa shape index (κ1) is 20.6. The summed E-state index contributed by atoms with van der Waals surface area (Å²) in [6, 6.07) is 14.1. The summed E-state index contributed by atoms with van der Waals surface area (Å²) in [5.74, 6) is 0.704. The number of methoxy groups -OCH3 is 1. The molecule has 0 aliphatic carbocycles. The lowest BCUT2D eigenvalue weighted by Gasteiger charge is -2.25. The summed E-state index contributed by atoms with van der Waals surface area (Å²) in [5.41, 5.74) is 1.29. The summed E-state index contributed by atoms with van der Waals surface area (Å²) < 4.78 is 16.0. The lowest BCUT2D eigenvalue weighted by atomic mass is 10.2. The summed E-state index contributed by atoms with van der Waals surface area (Å²) >= 11 is 0. The van der Waals surface area contributed by atoms with Gasteiger partial charge in [0.15, 0.2) is 18.1 Å². The number of morpholine rings is 1. The first-order chi connectivity index (χ1) is 14.1. The maximum Gasteiger partial charge on any atom is 0.262 e. The Morgan fingerprint density at radius 2 is 1.52 bits per heavy atom. The molecule has 154 valence electrons. The Bertz CT molecular complexity index is 819. The van der Waals surface area contributed by atoms with E-state index in [1.54, 1.807) is 43.5 Å². The summed E-state index contributed by atoms with van der Waals surface area (Å²) in [4.78, 5) is 26.3. The molecule has 1 fully saturated rings. The van der Waals surface area contributed by atoms with Gasteiger partial charge in [0.25, 0.3) is 5.91 Å². The van der Waals surface area contributed by atoms with E-state index in [4.69, 9.17) is 14.2 Å². The topological polar surface area (TPSA) is 89.1 Å². The van der Waals surface area contributed by atoms with E-state index in [1.165, 1.54) is 0 Å². The normalized spacial score (nSPS) is 14.1. The molecule has 2 aromatic rings. The second-order valence-corrected chi connectivity index (χ2v) is 6.50. The van der Waals surface area contributed by atoms with E-state index in [0.717, 1.165) is 13.1 Å². The molecule has 0 atom stereocenters. The van der Waals surface area contributed by atoms with Crippen molar-refractivity contribution >= 4 is 23.2 Å². The lowest BCUT2D eigenvalue weighted by Crippen LogP contribution is -2.41. The predicted octanol–water partition coefficient (Wildman–Crippen LogP) is 1.98. The molecule has 0 spiro atoms. The smallest absolute Gasteiger partial charge is 0.262 e. The molecule has 0 radical (unpaired) electrons. The molecule has 2 N–H and O–H groups in total. The van der Waals surface area contributed by atoms with Crippen molar-refractivity contribution in [3.05, 3.63) is 48.5 Å². The Kier molecular flexibility index (Phi) is 7.43. The highest BCUT2D eigenvalue weighted by Crippen LogP contribution is 2.25. The molecule has 1 aliphatic rings. The van der Waals surface area contributed by atoms with Crippen LogP contribution < -0.4 is 20.1 Å². The van der Waals surface area contributed by atoms with E-state index in [1.807, 2.05) is 12.1 Å². The first-order valence-electron chi connectivity index (χ1n) is 9.40. The van der Waals surface area contributed by atoms with E-state index in [0.29, 0.717) is 42.6 Å². The first-order valence-corrected chi connectivity index (χ1v) is 9.40. The van der Waals surface area contributed by atoms with Crippen molar-refractivity contribution in [2.45, 2.75) is 0 Å². The van der Waals surface area contributed by atoms with Crippen molar-refractivity contribution < 1.29 is 23.8 Å². The number of amides is 2. The van der Waals surface area contributed by atoms with Crippen LogP contribution >= 0.6 is 0 Å². The van der Waals surface area contributed by atoms with Gasteiger partial charge in [-0.05, 0) is 36.4 Å². The molecule has 0 aromatic heterocycles. The van der Waals surface area contributed by atoms with Gasteiger partial charge in [-0.25, -0.2) is 0 Å². The van der Waals surface area contributed by atoms with Crippen molar-refractivity contribution in [3.63, 3.8) is 0 Å². The largest absolute Gasteiger partial charge is 0.493 e. The maximum absolute atomic E-state index is 12.1. The van der Waals surface area contributed by atoms with Gasteiger partial charge in [0, 0.05) is 24.5 Å². The molecule has 8 heteroatoms. The van der Waals surface area contributed by atoms with Crippen molar-refractivity contribution in [2.24, 2.45) is 0 Å². The van der Waals surface area contributed by atoms with Crippen molar-refractivity contribution in [1.29, 1.82) is 0 Å². The zero-order chi connectivity index (χ0) is 20.5. The fourth-order valence-electron chi connectivity index (χ4n) is 2.88. The van der Waals surface area contributed by atoms with Crippen LogP contribution in [0.2, 0.25) is 0 Å². The second kappa shape index (κ2) is 10.4. The van der Waals surface area contributed by atoms with Crippen LogP contribution in [0.15, 0.2) is 48.5 Å². The Balaban J connectivity index is 1.44. The second-order valence-electron chi connectivity index (χ2n) is 6.50. The number of para-hydroxylation sites is 2. The van der Waals surface area contributed by atoms with E-state index in [-0.39, 0.29) is 18.4 Å². The number of hydrogen-bond acceptors (Lipinski definition) is 6. The third-order valence-electron chi connectivity index (χ3n) is 4.35. The highest BCUT2D eigenvalue weighted by molar-refractivity contribution is 5.94. The van der Waals surface area contributed by atoms with Crippen LogP contribution in [0.5, 0.6) is 11.5 Å². The van der Waals surface area contributed by atoms with Crippen LogP contribution in [-0.4, -0.2) is 63.3 Å². The van der Waals surface area contributed by atoms with Gasteiger partial charge in [0.1, 0.15) is 0 Å². The number of nitrogens with one attached hydrogen (secondary N) is 2. The molecule has 0 unspecified atom stereocenters. The summed E-state index contributed by atoms with van der Waals surface area (Å²) in [7, 11) is 1.55. The molecular formula is C21H25N3O5. The standard InChI is InChI=1S/C21H25N3O5/c1-27-18-4-2-3-5-19(18)29-15-21(26)23-17-8-6-16(7-9-17)22-20(25)14-24-10-12-28-13-11-24/h2-9H,10-15H2,1H3,(H,22,25)(H,23,26). The number of carbonyl (C=O) groups is 2. The van der Waals surface area contributed by atoms with Crippen LogP contribution in [0.4, 0.5) is 11.4 Å². The molecule has 8 nitrogen and oxygen atoms in total. The number of carbonyl (C=O) groups excluding carboxylic acids is 2. The van der Waals surface area contributed by atoms with Crippen LogP contribution in [-0.2, 0) is 14.3 Å². The minimum atomic E-state index is -0.292. The molecule has 0 saturated carbocycles. The Morgan fingerprint density at radius 1 is 0.931 bits per heavy atom. The third kappa shape index (κ3) is 6.48. The summed E-state index contributed by atoms with van der Waals surface area (Å²) in [6.07, 6.45) is 0. The fourth-order valence-corrected chi connectivity index (χ4v) is 2.88. The molecular weight excluding hydrogens is 374 g/mol. The molecule has 1 saturated heterocycles. The van der Waals surface area contributed by atoms with E-state index in [9.17, 15) is 9.59 Å². The van der Waals surface area contributed by atoms with Gasteiger partial charge >= 0.3 is 0 Å². The third-order valence-corrected chi connectivity index (χ3v) is 4.35. The number of ether oxygens (including phenoxy) is 3. The predicted molar refractivity (Wildman–Crippen MR) is 109 cm³/mol. The SMILES string of the molecule is COc1ccccc1OCC(=O)Nc1ccc(NC(=O)CN2CCOCC2)cc1. The van der Waals surface area contributed by atoms with E-state index < -0.39 is 0 Å². The number of rotatable bonds is 8. The fraction of sp³-hybridized carbons (Fsp3) is 0.333. The van der Waals surface area contributed by atoms with Gasteiger partial charge in [0.2, 0.25) is 5.91 Å². The average Bonchev–Trinajstić information content (AvgIpc) is 2.74. The van der Waals surface area contributed by atoms with Gasteiger partial charge in [-0.1, -0.05) is 12.1 Å². The Morgan fingerprint density at radius 3 is 2.14 bits per heavy atom. The zero-order valence-electron chi connectivity index (χ0n) is 16.3. The van der Waals surface area contributed by atoms with Gasteiger partial charge in [-0.3, -0.25) is 14.5 Å². The summed E-state index contributed by atoms with van der Waals surface area (Å²) in [5, 5.41) is 5.61. The van der Waals surface area contributed by atoms with Gasteiger partial charge in [-0.2, -0.15) is 0 Å². The summed E-state index contributed by atoms with van der Waals surface area (Å²) in [6.45, 7) is 3.02. The van der Waals surface area contributed by atoms with E-state index in [2.05, 4.69) is 15.5 Å². The van der Waals surface area contributed by atoms with Crippen molar-refractivity contribution in [1.82, 2.24) is 4.90 Å². The van der Waals surface area contributed by atoms with Gasteiger partial charge in [0.05, 0.1) is 26.9 Å². The minimum Gasteiger partial charge on any atom is -0.493 e. The number of nitrogens with zero attached hydrogens (tertiary/aromatic N) is 1. The van der Waals surface area contributed by atoms with Gasteiger partial charge in [-0.15, -0.1) is 0 Å². The van der Waals surface area contributed by atoms with Crippen molar-refractivity contribution in [2.75, 3.05) is 57.2 Å². The zero-order valence-corrected chi connectivity index (χ0v) is 16.3. The van der Waals surface area contributed by atoms with Crippen LogP contribution in [0.25, 0.3) is 0 Å². The number of hydrogen-bond donors (Lipinski definition) is 2. The molecule has 2 aromatic carbocycles. The average molecular weight is 399 g/mol. The maximum atomic E-state index is 12.1. The quantitative estimate of drug-likeness (QED) is 0.706. The lowest BCUT2D eigenvalue weighted by molar-refractivity contribution is -0.119. The minimum absolute atomic E-state index is 0.0751. The molecule has 3 rings (SSSR count). The number of benzene rings is 2. The van der Waals surface area contributed by atoms with Crippen LogP contribution in [0.1, 0.15) is 0 Å². The van der Waals surface area contributed by atoms with Crippen LogP contribution in [0.3, 0.4) is 0 Å². The molecule has 2 amide bonds. The van der Waals surface area contributed by atoms with Crippen molar-refractivity contribution in [3.8, 4) is 11.5 Å². The number of anilines is 2. The van der Waals surface area contributed by atoms with Gasteiger partial charge < -0.3 is 24.8 Å². The Hall–Kier alpha value is -3.10. The van der Waals surface area contributed by atoms with E-state index >= 15 is 0 Å². The molecule has 0 bridgehead atoms. The highest BCUT2D eigenvalue weighted by Gasteiger charge is 2.14. The van der Waals surface area contributed by atoms with Crippen LogP contribution in [0, 0.1) is 0 Å². The molecule has 1 heterocycles. The highest BCUT2D eigenvalue weighted by atomic mass is 16.5. The molecule has 1 aliphatic heterocycles.